The van der Waals surface area contributed by atoms with Crippen LogP contribution >= 0.6 is 0 Å². The molecule has 17 heavy (non-hydrogen) atoms. The van der Waals surface area contributed by atoms with E-state index in [-0.39, 0.29) is 6.04 Å². The molecule has 1 amide bonds. The summed E-state index contributed by atoms with van der Waals surface area (Å²) in [7, 11) is 0. The molecule has 0 saturated carbocycles. The lowest BCUT2D eigenvalue weighted by Gasteiger charge is -2.09. The average Bonchev–Trinajstić information content (AvgIpc) is 2.66. The van der Waals surface area contributed by atoms with Crippen LogP contribution in [0, 0.1) is 6.92 Å². The van der Waals surface area contributed by atoms with Crippen LogP contribution in [0.1, 0.15) is 21.5 Å². The first-order chi connectivity index (χ1) is 8.06. The minimum absolute atomic E-state index is 0.0770. The summed E-state index contributed by atoms with van der Waals surface area (Å²) in [6.45, 7) is 2.09. The average molecular weight is 235 g/mol. The topological polar surface area (TPSA) is 75.6 Å². The Kier molecular flexibility index (Phi) is 2.99. The summed E-state index contributed by atoms with van der Waals surface area (Å²) in [6, 6.07) is 5.21. The first-order valence-electron chi connectivity index (χ1n) is 5.32. The quantitative estimate of drug-likeness (QED) is 0.829. The Balaban J connectivity index is 2.14. The Morgan fingerprint density at radius 1 is 1.59 bits per heavy atom. The SMILES string of the molecule is Cc1ccc(C[C@@H]2COC(=O)N2)cc1C(=O)O. The third-order valence-corrected chi connectivity index (χ3v) is 2.75. The molecular weight excluding hydrogens is 222 g/mol. The number of nitrogens with one attached hydrogen (secondary N) is 1. The van der Waals surface area contributed by atoms with E-state index >= 15 is 0 Å². The van der Waals surface area contributed by atoms with E-state index in [1.165, 1.54) is 0 Å². The third kappa shape index (κ3) is 2.55. The fourth-order valence-electron chi connectivity index (χ4n) is 1.85. The molecular formula is C12H13NO4. The molecule has 90 valence electrons. The highest BCUT2D eigenvalue weighted by Gasteiger charge is 2.22. The van der Waals surface area contributed by atoms with Gasteiger partial charge in [0.25, 0.3) is 0 Å². The fourth-order valence-corrected chi connectivity index (χ4v) is 1.85. The van der Waals surface area contributed by atoms with Gasteiger partial charge in [0.15, 0.2) is 0 Å². The number of carbonyl (C=O) groups is 2. The molecule has 1 heterocycles. The van der Waals surface area contributed by atoms with Crippen molar-refractivity contribution in [2.75, 3.05) is 6.61 Å². The number of carboxylic acid groups (broad SMARTS) is 1. The predicted molar refractivity (Wildman–Crippen MR) is 60.1 cm³/mol. The monoisotopic (exact) mass is 235 g/mol. The van der Waals surface area contributed by atoms with Crippen molar-refractivity contribution in [3.05, 3.63) is 34.9 Å². The van der Waals surface area contributed by atoms with E-state index in [9.17, 15) is 9.59 Å². The van der Waals surface area contributed by atoms with Gasteiger partial charge in [0.1, 0.15) is 6.61 Å². The predicted octanol–water partition coefficient (Wildman–Crippen LogP) is 1.34. The number of alkyl carbamates (subject to hydrolysis) is 1. The summed E-state index contributed by atoms with van der Waals surface area (Å²) in [5, 5.41) is 11.7. The summed E-state index contributed by atoms with van der Waals surface area (Å²) in [6.07, 6.45) is 0.160. The number of ether oxygens (including phenoxy) is 1. The van der Waals surface area contributed by atoms with Gasteiger partial charge in [0, 0.05) is 0 Å². The number of hydrogen-bond acceptors (Lipinski definition) is 3. The van der Waals surface area contributed by atoms with Crippen LogP contribution in [0.25, 0.3) is 0 Å². The van der Waals surface area contributed by atoms with Crippen molar-refractivity contribution < 1.29 is 19.4 Å². The second-order valence-corrected chi connectivity index (χ2v) is 4.10. The highest BCUT2D eigenvalue weighted by molar-refractivity contribution is 5.89. The largest absolute Gasteiger partial charge is 0.478 e. The van der Waals surface area contributed by atoms with Gasteiger partial charge in [-0.05, 0) is 30.5 Å². The number of carbonyl (C=O) groups excluding carboxylic acids is 1. The van der Waals surface area contributed by atoms with Crippen LogP contribution in [0.5, 0.6) is 0 Å². The van der Waals surface area contributed by atoms with Crippen LogP contribution in [-0.4, -0.2) is 29.8 Å². The second kappa shape index (κ2) is 4.45. The molecule has 1 aromatic rings. The summed E-state index contributed by atoms with van der Waals surface area (Å²) < 4.78 is 4.77. The summed E-state index contributed by atoms with van der Waals surface area (Å²) in [4.78, 5) is 21.8. The van der Waals surface area contributed by atoms with E-state index in [0.717, 1.165) is 11.1 Å². The van der Waals surface area contributed by atoms with Gasteiger partial charge in [0.05, 0.1) is 11.6 Å². The highest BCUT2D eigenvalue weighted by atomic mass is 16.6. The van der Waals surface area contributed by atoms with Crippen molar-refractivity contribution in [2.45, 2.75) is 19.4 Å². The molecule has 1 aliphatic heterocycles. The third-order valence-electron chi connectivity index (χ3n) is 2.75. The van der Waals surface area contributed by atoms with E-state index in [0.29, 0.717) is 18.6 Å². The van der Waals surface area contributed by atoms with Crippen molar-refractivity contribution >= 4 is 12.1 Å². The van der Waals surface area contributed by atoms with Crippen LogP contribution in [-0.2, 0) is 11.2 Å². The van der Waals surface area contributed by atoms with Gasteiger partial charge in [0.2, 0.25) is 0 Å². The molecule has 1 aliphatic rings. The molecule has 1 atom stereocenters. The zero-order chi connectivity index (χ0) is 12.4. The van der Waals surface area contributed by atoms with E-state index < -0.39 is 12.1 Å². The number of cyclic esters (lactones) is 1. The number of carboxylic acids is 1. The molecule has 1 fully saturated rings. The Bertz CT molecular complexity index is 470. The summed E-state index contributed by atoms with van der Waals surface area (Å²) >= 11 is 0. The van der Waals surface area contributed by atoms with Crippen LogP contribution in [0.2, 0.25) is 0 Å². The van der Waals surface area contributed by atoms with E-state index in [4.69, 9.17) is 9.84 Å². The maximum atomic E-state index is 11.0. The molecule has 0 unspecified atom stereocenters. The van der Waals surface area contributed by atoms with Gasteiger partial charge in [-0.3, -0.25) is 0 Å². The van der Waals surface area contributed by atoms with Crippen molar-refractivity contribution in [1.82, 2.24) is 5.32 Å². The molecule has 0 spiro atoms. The van der Waals surface area contributed by atoms with Gasteiger partial charge in [-0.25, -0.2) is 9.59 Å². The Morgan fingerprint density at radius 2 is 2.35 bits per heavy atom. The van der Waals surface area contributed by atoms with E-state index in [1.54, 1.807) is 19.1 Å². The summed E-state index contributed by atoms with van der Waals surface area (Å²) in [5.74, 6) is -0.934. The number of amides is 1. The van der Waals surface area contributed by atoms with Crippen molar-refractivity contribution in [3.8, 4) is 0 Å². The molecule has 0 aliphatic carbocycles. The maximum Gasteiger partial charge on any atom is 0.407 e. The molecule has 1 saturated heterocycles. The zero-order valence-electron chi connectivity index (χ0n) is 9.40. The molecule has 5 heteroatoms. The standard InChI is InChI=1S/C12H13NO4/c1-7-2-3-8(5-10(7)11(14)15)4-9-6-17-12(16)13-9/h2-3,5,9H,4,6H2,1H3,(H,13,16)(H,14,15)/t9-/m1/s1. The van der Waals surface area contributed by atoms with Crippen molar-refractivity contribution in [3.63, 3.8) is 0 Å². The normalized spacial score (nSPS) is 18.6. The number of aromatic carboxylic acids is 1. The number of aryl methyl sites for hydroxylation is 1. The van der Waals surface area contributed by atoms with Crippen molar-refractivity contribution in [1.29, 1.82) is 0 Å². The smallest absolute Gasteiger partial charge is 0.407 e. The highest BCUT2D eigenvalue weighted by Crippen LogP contribution is 2.14. The van der Waals surface area contributed by atoms with Gasteiger partial charge in [-0.15, -0.1) is 0 Å². The van der Waals surface area contributed by atoms with Crippen LogP contribution < -0.4 is 5.32 Å². The first kappa shape index (κ1) is 11.4. The van der Waals surface area contributed by atoms with Crippen LogP contribution in [0.15, 0.2) is 18.2 Å². The van der Waals surface area contributed by atoms with Gasteiger partial charge in [-0.1, -0.05) is 12.1 Å². The Hall–Kier alpha value is -2.04. The van der Waals surface area contributed by atoms with Gasteiger partial charge < -0.3 is 15.2 Å². The number of hydrogen-bond donors (Lipinski definition) is 2. The lowest BCUT2D eigenvalue weighted by molar-refractivity contribution is 0.0696. The molecule has 2 N–H and O–H groups in total. The molecule has 0 bridgehead atoms. The fraction of sp³-hybridized carbons (Fsp3) is 0.333. The van der Waals surface area contributed by atoms with Crippen LogP contribution in [0.3, 0.4) is 0 Å². The van der Waals surface area contributed by atoms with Crippen LogP contribution in [0.4, 0.5) is 4.79 Å². The molecule has 0 aromatic heterocycles. The van der Waals surface area contributed by atoms with E-state index in [2.05, 4.69) is 5.32 Å². The molecule has 0 radical (unpaired) electrons. The lowest BCUT2D eigenvalue weighted by atomic mass is 10.0. The minimum Gasteiger partial charge on any atom is -0.478 e. The van der Waals surface area contributed by atoms with E-state index in [1.807, 2.05) is 6.07 Å². The number of rotatable bonds is 3. The molecule has 1 aromatic carbocycles. The molecule has 5 nitrogen and oxygen atoms in total. The Morgan fingerprint density at radius 3 is 2.94 bits per heavy atom. The lowest BCUT2D eigenvalue weighted by Crippen LogP contribution is -2.28. The zero-order valence-corrected chi connectivity index (χ0v) is 9.40. The minimum atomic E-state index is -0.934. The molecule has 2 rings (SSSR count). The second-order valence-electron chi connectivity index (χ2n) is 4.10. The van der Waals surface area contributed by atoms with Gasteiger partial charge in [-0.2, -0.15) is 0 Å². The summed E-state index contributed by atoms with van der Waals surface area (Å²) in [5.41, 5.74) is 1.91. The Labute approximate surface area is 98.4 Å². The van der Waals surface area contributed by atoms with Crippen molar-refractivity contribution in [2.24, 2.45) is 0 Å². The van der Waals surface area contributed by atoms with Gasteiger partial charge >= 0.3 is 12.1 Å². The first-order valence-corrected chi connectivity index (χ1v) is 5.32. The maximum absolute atomic E-state index is 11.0. The number of benzene rings is 1.